The van der Waals surface area contributed by atoms with Crippen LogP contribution in [0.5, 0.6) is 0 Å². The van der Waals surface area contributed by atoms with E-state index in [1.54, 1.807) is 0 Å². The number of hydrogen-bond acceptors (Lipinski definition) is 2. The van der Waals surface area contributed by atoms with Crippen molar-refractivity contribution in [2.45, 2.75) is 66.2 Å². The predicted octanol–water partition coefficient (Wildman–Crippen LogP) is 3.56. The van der Waals surface area contributed by atoms with E-state index in [0.29, 0.717) is 5.92 Å². The van der Waals surface area contributed by atoms with Gasteiger partial charge in [-0.3, -0.25) is 10.1 Å². The third-order valence-electron chi connectivity index (χ3n) is 4.94. The smallest absolute Gasteiger partial charge is 0.241 e. The van der Waals surface area contributed by atoms with Gasteiger partial charge in [0.2, 0.25) is 5.91 Å². The summed E-state index contributed by atoms with van der Waals surface area (Å²) in [5.74, 6) is 0.710. The van der Waals surface area contributed by atoms with Gasteiger partial charge in [-0.15, -0.1) is 0 Å². The SMILES string of the molecule is CCC(C)C(C)N1C(=O)C(C)NC1c1ccc(C)cc1C. The van der Waals surface area contributed by atoms with Crippen molar-refractivity contribution < 1.29 is 4.79 Å². The molecule has 1 heterocycles. The third-order valence-corrected chi connectivity index (χ3v) is 4.94. The van der Waals surface area contributed by atoms with E-state index in [4.69, 9.17) is 0 Å². The molecular weight excluding hydrogens is 260 g/mol. The second-order valence-electron chi connectivity index (χ2n) is 6.52. The first-order valence-corrected chi connectivity index (χ1v) is 8.02. The Balaban J connectivity index is 2.38. The molecule has 1 N–H and O–H groups in total. The van der Waals surface area contributed by atoms with Gasteiger partial charge >= 0.3 is 0 Å². The molecule has 116 valence electrons. The quantitative estimate of drug-likeness (QED) is 0.919. The first kappa shape index (κ1) is 16.0. The van der Waals surface area contributed by atoms with Crippen molar-refractivity contribution >= 4 is 5.91 Å². The average molecular weight is 288 g/mol. The molecule has 1 aromatic rings. The number of rotatable bonds is 4. The molecule has 0 aliphatic carbocycles. The van der Waals surface area contributed by atoms with Gasteiger partial charge in [-0.1, -0.05) is 44.0 Å². The minimum absolute atomic E-state index is 0.00269. The van der Waals surface area contributed by atoms with Gasteiger partial charge in [0, 0.05) is 6.04 Å². The summed E-state index contributed by atoms with van der Waals surface area (Å²) in [4.78, 5) is 14.6. The zero-order chi connectivity index (χ0) is 15.7. The maximum atomic E-state index is 12.6. The fourth-order valence-corrected chi connectivity index (χ4v) is 3.16. The summed E-state index contributed by atoms with van der Waals surface area (Å²) in [6.45, 7) is 12.8. The Bertz CT molecular complexity index is 526. The Morgan fingerprint density at radius 3 is 2.52 bits per heavy atom. The average Bonchev–Trinajstić information content (AvgIpc) is 2.73. The Labute approximate surface area is 128 Å². The van der Waals surface area contributed by atoms with Crippen molar-refractivity contribution in [1.82, 2.24) is 10.2 Å². The first-order chi connectivity index (χ1) is 9.86. The lowest BCUT2D eigenvalue weighted by atomic mass is 9.96. The number of carbonyl (C=O) groups excluding carboxylic acids is 1. The molecule has 0 bridgehead atoms. The summed E-state index contributed by atoms with van der Waals surface area (Å²) in [7, 11) is 0. The Morgan fingerprint density at radius 2 is 1.95 bits per heavy atom. The third kappa shape index (κ3) is 2.98. The van der Waals surface area contributed by atoms with E-state index in [1.165, 1.54) is 16.7 Å². The summed E-state index contributed by atoms with van der Waals surface area (Å²) < 4.78 is 0. The summed E-state index contributed by atoms with van der Waals surface area (Å²) in [6, 6.07) is 6.61. The van der Waals surface area contributed by atoms with E-state index in [-0.39, 0.29) is 24.2 Å². The van der Waals surface area contributed by atoms with Crippen LogP contribution in [0.25, 0.3) is 0 Å². The molecule has 1 aliphatic rings. The van der Waals surface area contributed by atoms with Crippen molar-refractivity contribution in [3.8, 4) is 0 Å². The second kappa shape index (κ2) is 6.18. The zero-order valence-electron chi connectivity index (χ0n) is 14.1. The van der Waals surface area contributed by atoms with Gasteiger partial charge in [0.25, 0.3) is 0 Å². The topological polar surface area (TPSA) is 32.3 Å². The molecular formula is C18H28N2O. The number of amides is 1. The van der Waals surface area contributed by atoms with Crippen molar-refractivity contribution in [1.29, 1.82) is 0 Å². The lowest BCUT2D eigenvalue weighted by Gasteiger charge is -2.34. The normalized spacial score (nSPS) is 25.2. The van der Waals surface area contributed by atoms with Gasteiger partial charge in [0.1, 0.15) is 6.17 Å². The molecule has 2 rings (SSSR count). The summed E-state index contributed by atoms with van der Waals surface area (Å²) in [5, 5.41) is 3.47. The van der Waals surface area contributed by atoms with Gasteiger partial charge in [0.15, 0.2) is 0 Å². The highest BCUT2D eigenvalue weighted by atomic mass is 16.2. The van der Waals surface area contributed by atoms with Crippen LogP contribution in [0.2, 0.25) is 0 Å². The largest absolute Gasteiger partial charge is 0.319 e. The first-order valence-electron chi connectivity index (χ1n) is 8.02. The number of nitrogens with zero attached hydrogens (tertiary/aromatic N) is 1. The maximum Gasteiger partial charge on any atom is 0.241 e. The number of carbonyl (C=O) groups is 1. The molecule has 1 fully saturated rings. The molecule has 4 unspecified atom stereocenters. The van der Waals surface area contributed by atoms with E-state index in [2.05, 4.69) is 63.0 Å². The van der Waals surface area contributed by atoms with Crippen LogP contribution >= 0.6 is 0 Å². The molecule has 3 nitrogen and oxygen atoms in total. The van der Waals surface area contributed by atoms with E-state index in [9.17, 15) is 4.79 Å². The summed E-state index contributed by atoms with van der Waals surface area (Å²) in [6.07, 6.45) is 1.08. The molecule has 3 heteroatoms. The molecule has 1 aromatic carbocycles. The summed E-state index contributed by atoms with van der Waals surface area (Å²) in [5.41, 5.74) is 3.72. The molecule has 0 spiro atoms. The van der Waals surface area contributed by atoms with Crippen molar-refractivity contribution in [3.05, 3.63) is 34.9 Å². The highest BCUT2D eigenvalue weighted by Gasteiger charge is 2.41. The van der Waals surface area contributed by atoms with Crippen molar-refractivity contribution in [3.63, 3.8) is 0 Å². The zero-order valence-corrected chi connectivity index (χ0v) is 14.1. The van der Waals surface area contributed by atoms with Crippen LogP contribution in [0.15, 0.2) is 18.2 Å². The highest BCUT2D eigenvalue weighted by molar-refractivity contribution is 5.84. The fraction of sp³-hybridized carbons (Fsp3) is 0.611. The number of nitrogens with one attached hydrogen (secondary N) is 1. The monoisotopic (exact) mass is 288 g/mol. The maximum absolute atomic E-state index is 12.6. The molecule has 21 heavy (non-hydrogen) atoms. The van der Waals surface area contributed by atoms with Gasteiger partial charge in [-0.2, -0.15) is 0 Å². The number of aryl methyl sites for hydroxylation is 2. The van der Waals surface area contributed by atoms with Crippen LogP contribution in [0, 0.1) is 19.8 Å². The van der Waals surface area contributed by atoms with E-state index in [0.717, 1.165) is 6.42 Å². The van der Waals surface area contributed by atoms with Crippen LogP contribution < -0.4 is 5.32 Å². The second-order valence-corrected chi connectivity index (χ2v) is 6.52. The Morgan fingerprint density at radius 1 is 1.29 bits per heavy atom. The van der Waals surface area contributed by atoms with Gasteiger partial charge in [0.05, 0.1) is 6.04 Å². The lowest BCUT2D eigenvalue weighted by molar-refractivity contribution is -0.132. The molecule has 0 saturated carbocycles. The Kier molecular flexibility index (Phi) is 4.72. The van der Waals surface area contributed by atoms with E-state index < -0.39 is 0 Å². The highest BCUT2D eigenvalue weighted by Crippen LogP contribution is 2.32. The van der Waals surface area contributed by atoms with Gasteiger partial charge < -0.3 is 4.90 Å². The van der Waals surface area contributed by atoms with Crippen LogP contribution in [-0.2, 0) is 4.79 Å². The van der Waals surface area contributed by atoms with Crippen molar-refractivity contribution in [2.24, 2.45) is 5.92 Å². The standard InChI is InChI=1S/C18H28N2O/c1-7-12(3)15(6)20-17(19-14(5)18(20)21)16-9-8-11(2)10-13(16)4/h8-10,12,14-15,17,19H,7H2,1-6H3. The predicted molar refractivity (Wildman–Crippen MR) is 87.0 cm³/mol. The van der Waals surface area contributed by atoms with Crippen molar-refractivity contribution in [2.75, 3.05) is 0 Å². The lowest BCUT2D eigenvalue weighted by Crippen LogP contribution is -2.41. The molecule has 0 radical (unpaired) electrons. The molecule has 1 saturated heterocycles. The molecule has 4 atom stereocenters. The Hall–Kier alpha value is -1.35. The molecule has 1 amide bonds. The van der Waals surface area contributed by atoms with Gasteiger partial charge in [-0.05, 0) is 44.7 Å². The number of benzene rings is 1. The number of hydrogen-bond donors (Lipinski definition) is 1. The minimum Gasteiger partial charge on any atom is -0.319 e. The van der Waals surface area contributed by atoms with E-state index in [1.807, 2.05) is 6.92 Å². The van der Waals surface area contributed by atoms with Crippen LogP contribution in [-0.4, -0.2) is 22.9 Å². The van der Waals surface area contributed by atoms with Crippen LogP contribution in [0.4, 0.5) is 0 Å². The van der Waals surface area contributed by atoms with Crippen LogP contribution in [0.3, 0.4) is 0 Å². The summed E-state index contributed by atoms with van der Waals surface area (Å²) >= 11 is 0. The van der Waals surface area contributed by atoms with Crippen LogP contribution in [0.1, 0.15) is 57.0 Å². The fourth-order valence-electron chi connectivity index (χ4n) is 3.16. The van der Waals surface area contributed by atoms with E-state index >= 15 is 0 Å². The molecule has 0 aromatic heterocycles. The molecule has 1 aliphatic heterocycles. The minimum atomic E-state index is -0.109. The van der Waals surface area contributed by atoms with Gasteiger partial charge in [-0.25, -0.2) is 0 Å².